The van der Waals surface area contributed by atoms with Crippen LogP contribution in [0.2, 0.25) is 0 Å². The molecule has 1 atom stereocenters. The Bertz CT molecular complexity index is 92.4. The number of hydrogen-bond acceptors (Lipinski definition) is 1. The third-order valence-corrected chi connectivity index (χ3v) is 1.47. The van der Waals surface area contributed by atoms with Gasteiger partial charge in [-0.15, -0.1) is 0 Å². The smallest absolute Gasteiger partial charge is 0.251 e. The predicted octanol–water partition coefficient (Wildman–Crippen LogP) is 0.990. The minimum atomic E-state index is -2.36. The third kappa shape index (κ3) is 0.968. The van der Waals surface area contributed by atoms with Gasteiger partial charge in [-0.25, -0.2) is 8.78 Å². The van der Waals surface area contributed by atoms with Crippen LogP contribution in [0.3, 0.4) is 0 Å². The van der Waals surface area contributed by atoms with Gasteiger partial charge in [0.05, 0.1) is 0 Å². The monoisotopic (exact) mass is 121 g/mol. The Labute approximate surface area is 46.9 Å². The SMILES string of the molecule is NCCC1CC1(F)F. The standard InChI is InChI=1S/C5H9F2N/c6-5(7)3-4(5)1-2-8/h4H,1-3,8H2. The van der Waals surface area contributed by atoms with Crippen LogP contribution in [0.15, 0.2) is 0 Å². The summed E-state index contributed by atoms with van der Waals surface area (Å²) in [5, 5.41) is 0. The Morgan fingerprint density at radius 3 is 2.25 bits per heavy atom. The first kappa shape index (κ1) is 5.95. The van der Waals surface area contributed by atoms with Gasteiger partial charge in [0.2, 0.25) is 0 Å². The van der Waals surface area contributed by atoms with E-state index in [9.17, 15) is 8.78 Å². The zero-order chi connectivity index (χ0) is 6.20. The first-order chi connectivity index (χ1) is 3.67. The van der Waals surface area contributed by atoms with E-state index in [4.69, 9.17) is 5.73 Å². The van der Waals surface area contributed by atoms with Crippen molar-refractivity contribution in [1.82, 2.24) is 0 Å². The van der Waals surface area contributed by atoms with E-state index < -0.39 is 11.8 Å². The first-order valence-corrected chi connectivity index (χ1v) is 2.74. The molecular formula is C5H9F2N. The highest BCUT2D eigenvalue weighted by molar-refractivity contribution is 4.94. The topological polar surface area (TPSA) is 26.0 Å². The van der Waals surface area contributed by atoms with Crippen molar-refractivity contribution in [2.45, 2.75) is 18.8 Å². The normalized spacial score (nSPS) is 32.6. The number of alkyl halides is 2. The van der Waals surface area contributed by atoms with Gasteiger partial charge in [-0.05, 0) is 13.0 Å². The molecule has 1 unspecified atom stereocenters. The first-order valence-electron chi connectivity index (χ1n) is 2.74. The fraction of sp³-hybridized carbons (Fsp3) is 1.00. The van der Waals surface area contributed by atoms with E-state index in [-0.39, 0.29) is 6.42 Å². The molecule has 0 radical (unpaired) electrons. The summed E-state index contributed by atoms with van der Waals surface area (Å²) >= 11 is 0. The van der Waals surface area contributed by atoms with Crippen molar-refractivity contribution in [3.05, 3.63) is 0 Å². The highest BCUT2D eigenvalue weighted by Crippen LogP contribution is 2.50. The molecule has 0 saturated heterocycles. The number of nitrogens with two attached hydrogens (primary N) is 1. The highest BCUT2D eigenvalue weighted by Gasteiger charge is 2.55. The van der Waals surface area contributed by atoms with Crippen LogP contribution in [-0.4, -0.2) is 12.5 Å². The molecule has 0 aromatic heterocycles. The third-order valence-electron chi connectivity index (χ3n) is 1.47. The number of hydrogen-bond donors (Lipinski definition) is 1. The van der Waals surface area contributed by atoms with Crippen molar-refractivity contribution in [1.29, 1.82) is 0 Å². The molecule has 3 heteroatoms. The van der Waals surface area contributed by atoms with Crippen LogP contribution >= 0.6 is 0 Å². The fourth-order valence-corrected chi connectivity index (χ4v) is 0.784. The second kappa shape index (κ2) is 1.65. The molecular weight excluding hydrogens is 112 g/mol. The lowest BCUT2D eigenvalue weighted by molar-refractivity contribution is 0.0975. The van der Waals surface area contributed by atoms with Crippen LogP contribution < -0.4 is 5.73 Å². The summed E-state index contributed by atoms with van der Waals surface area (Å²) in [6.07, 6.45) is 0.539. The molecule has 1 rings (SSSR count). The molecule has 0 bridgehead atoms. The van der Waals surface area contributed by atoms with E-state index in [2.05, 4.69) is 0 Å². The molecule has 1 nitrogen and oxygen atoms in total. The van der Waals surface area contributed by atoms with Crippen molar-refractivity contribution in [3.8, 4) is 0 Å². The molecule has 0 aliphatic heterocycles. The van der Waals surface area contributed by atoms with Gasteiger partial charge < -0.3 is 5.73 Å². The average molecular weight is 121 g/mol. The fourth-order valence-electron chi connectivity index (χ4n) is 0.784. The lowest BCUT2D eigenvalue weighted by atomic mass is 10.3. The van der Waals surface area contributed by atoms with Gasteiger partial charge in [0.15, 0.2) is 0 Å². The van der Waals surface area contributed by atoms with Gasteiger partial charge in [0.1, 0.15) is 0 Å². The van der Waals surface area contributed by atoms with Crippen LogP contribution in [0.4, 0.5) is 8.78 Å². The summed E-state index contributed by atoms with van der Waals surface area (Å²) in [6, 6.07) is 0. The Morgan fingerprint density at radius 1 is 1.62 bits per heavy atom. The minimum absolute atomic E-state index is 0.0597. The molecule has 0 heterocycles. The Hall–Kier alpha value is -0.180. The molecule has 1 aliphatic rings. The van der Waals surface area contributed by atoms with E-state index in [1.807, 2.05) is 0 Å². The second-order valence-corrected chi connectivity index (χ2v) is 2.24. The molecule has 1 aliphatic carbocycles. The van der Waals surface area contributed by atoms with Crippen LogP contribution in [0.5, 0.6) is 0 Å². The molecule has 0 aromatic carbocycles. The molecule has 0 aromatic rings. The van der Waals surface area contributed by atoms with Gasteiger partial charge in [-0.3, -0.25) is 0 Å². The van der Waals surface area contributed by atoms with Crippen LogP contribution in [-0.2, 0) is 0 Å². The summed E-state index contributed by atoms with van der Waals surface area (Å²) in [6.45, 7) is 0.389. The second-order valence-electron chi connectivity index (χ2n) is 2.24. The highest BCUT2D eigenvalue weighted by atomic mass is 19.3. The maximum atomic E-state index is 11.9. The van der Waals surface area contributed by atoms with Crippen molar-refractivity contribution < 1.29 is 8.78 Å². The van der Waals surface area contributed by atoms with Crippen LogP contribution in [0.1, 0.15) is 12.8 Å². The Morgan fingerprint density at radius 2 is 2.12 bits per heavy atom. The van der Waals surface area contributed by atoms with Crippen molar-refractivity contribution >= 4 is 0 Å². The van der Waals surface area contributed by atoms with Crippen LogP contribution in [0, 0.1) is 5.92 Å². The largest absolute Gasteiger partial charge is 0.330 e. The number of rotatable bonds is 2. The quantitative estimate of drug-likeness (QED) is 0.579. The minimum Gasteiger partial charge on any atom is -0.330 e. The Kier molecular flexibility index (Phi) is 1.23. The van der Waals surface area contributed by atoms with E-state index in [1.54, 1.807) is 0 Å². The molecule has 2 N–H and O–H groups in total. The summed E-state index contributed by atoms with van der Waals surface area (Å²) < 4.78 is 23.9. The summed E-state index contributed by atoms with van der Waals surface area (Å²) in [5.41, 5.74) is 5.06. The molecule has 48 valence electrons. The van der Waals surface area contributed by atoms with Gasteiger partial charge in [-0.1, -0.05) is 0 Å². The van der Waals surface area contributed by atoms with E-state index >= 15 is 0 Å². The van der Waals surface area contributed by atoms with Gasteiger partial charge in [0.25, 0.3) is 5.92 Å². The summed E-state index contributed by atoms with van der Waals surface area (Å²) in [7, 11) is 0. The molecule has 0 amide bonds. The zero-order valence-corrected chi connectivity index (χ0v) is 4.53. The lowest BCUT2D eigenvalue weighted by Crippen LogP contribution is -2.03. The van der Waals surface area contributed by atoms with Crippen molar-refractivity contribution in [3.63, 3.8) is 0 Å². The maximum Gasteiger partial charge on any atom is 0.251 e. The average Bonchev–Trinajstić information content (AvgIpc) is 2.15. The molecule has 8 heavy (non-hydrogen) atoms. The molecule has 0 spiro atoms. The molecule has 1 fully saturated rings. The van der Waals surface area contributed by atoms with E-state index in [0.717, 1.165) is 0 Å². The number of halogens is 2. The van der Waals surface area contributed by atoms with Gasteiger partial charge in [-0.2, -0.15) is 0 Å². The van der Waals surface area contributed by atoms with Crippen LogP contribution in [0.25, 0.3) is 0 Å². The zero-order valence-electron chi connectivity index (χ0n) is 4.53. The molecule has 1 saturated carbocycles. The van der Waals surface area contributed by atoms with Gasteiger partial charge in [0, 0.05) is 12.3 Å². The summed E-state index contributed by atoms with van der Waals surface area (Å²) in [4.78, 5) is 0. The Balaban J connectivity index is 2.17. The van der Waals surface area contributed by atoms with Crippen molar-refractivity contribution in [2.24, 2.45) is 11.7 Å². The lowest BCUT2D eigenvalue weighted by Gasteiger charge is -1.91. The van der Waals surface area contributed by atoms with E-state index in [1.165, 1.54) is 0 Å². The van der Waals surface area contributed by atoms with E-state index in [0.29, 0.717) is 13.0 Å². The van der Waals surface area contributed by atoms with Crippen molar-refractivity contribution in [2.75, 3.05) is 6.54 Å². The predicted molar refractivity (Wildman–Crippen MR) is 26.7 cm³/mol. The van der Waals surface area contributed by atoms with Gasteiger partial charge >= 0.3 is 0 Å². The summed E-state index contributed by atoms with van der Waals surface area (Å²) in [5.74, 6) is -2.76. The maximum absolute atomic E-state index is 11.9.